The van der Waals surface area contributed by atoms with Crippen molar-refractivity contribution in [1.82, 2.24) is 14.1 Å². The van der Waals surface area contributed by atoms with Gasteiger partial charge in [0.25, 0.3) is 5.91 Å². The molecule has 0 saturated carbocycles. The summed E-state index contributed by atoms with van der Waals surface area (Å²) in [4.78, 5) is 28.1. The number of carbonyl (C=O) groups excluding carboxylic acids is 2. The molecule has 0 N–H and O–H groups in total. The van der Waals surface area contributed by atoms with Crippen LogP contribution in [0.4, 0.5) is 0 Å². The molecule has 2 heterocycles. The van der Waals surface area contributed by atoms with E-state index in [0.29, 0.717) is 49.8 Å². The molecule has 0 aliphatic carbocycles. The van der Waals surface area contributed by atoms with Crippen molar-refractivity contribution in [2.75, 3.05) is 45.9 Å². The molecule has 0 spiro atoms. The van der Waals surface area contributed by atoms with E-state index in [0.717, 1.165) is 0 Å². The lowest BCUT2D eigenvalue weighted by atomic mass is 10.2. The lowest BCUT2D eigenvalue weighted by Gasteiger charge is -2.33. The molecule has 10 heteroatoms. The van der Waals surface area contributed by atoms with Crippen LogP contribution in [0.2, 0.25) is 0 Å². The molecule has 2 aromatic rings. The standard InChI is InChI=1S/C24H29N3O6S/c1-3-25(16-20-17-32-22-9-4-5-10-23(22)33-20)24(29)19-7-6-8-21(15-19)34(30,31)27-13-11-26(12-14-27)18(2)28/h4-10,15,20H,3,11-14,16-17H2,1-2H3. The van der Waals surface area contributed by atoms with E-state index in [1.54, 1.807) is 21.9 Å². The summed E-state index contributed by atoms with van der Waals surface area (Å²) in [5.41, 5.74) is 0.294. The van der Waals surface area contributed by atoms with Gasteiger partial charge in [-0.3, -0.25) is 9.59 Å². The Morgan fingerprint density at radius 3 is 2.41 bits per heavy atom. The van der Waals surface area contributed by atoms with Gasteiger partial charge >= 0.3 is 0 Å². The van der Waals surface area contributed by atoms with Crippen LogP contribution in [0.15, 0.2) is 53.4 Å². The fourth-order valence-corrected chi connectivity index (χ4v) is 5.59. The molecule has 0 bridgehead atoms. The van der Waals surface area contributed by atoms with E-state index < -0.39 is 10.0 Å². The van der Waals surface area contributed by atoms with Gasteiger partial charge in [-0.1, -0.05) is 18.2 Å². The first-order chi connectivity index (χ1) is 16.3. The van der Waals surface area contributed by atoms with Gasteiger partial charge in [0, 0.05) is 45.2 Å². The van der Waals surface area contributed by atoms with Crippen molar-refractivity contribution in [1.29, 1.82) is 0 Å². The van der Waals surface area contributed by atoms with E-state index in [-0.39, 0.29) is 35.9 Å². The van der Waals surface area contributed by atoms with Crippen LogP contribution < -0.4 is 9.47 Å². The van der Waals surface area contributed by atoms with E-state index in [1.807, 2.05) is 31.2 Å². The smallest absolute Gasteiger partial charge is 0.254 e. The predicted molar refractivity (Wildman–Crippen MR) is 125 cm³/mol. The SMILES string of the molecule is CCN(CC1COc2ccccc2O1)C(=O)c1cccc(S(=O)(=O)N2CCN(C(C)=O)CC2)c1. The highest BCUT2D eigenvalue weighted by molar-refractivity contribution is 7.89. The summed E-state index contributed by atoms with van der Waals surface area (Å²) in [6, 6.07) is 13.5. The summed E-state index contributed by atoms with van der Waals surface area (Å²) in [5, 5.41) is 0. The summed E-state index contributed by atoms with van der Waals surface area (Å²) in [6.07, 6.45) is -0.330. The first-order valence-electron chi connectivity index (χ1n) is 11.3. The third kappa shape index (κ3) is 5.02. The lowest BCUT2D eigenvalue weighted by molar-refractivity contribution is -0.129. The largest absolute Gasteiger partial charge is 0.486 e. The molecular weight excluding hydrogens is 458 g/mol. The molecule has 2 amide bonds. The quantitative estimate of drug-likeness (QED) is 0.617. The molecule has 1 saturated heterocycles. The van der Waals surface area contributed by atoms with Crippen molar-refractivity contribution in [2.45, 2.75) is 24.8 Å². The van der Waals surface area contributed by atoms with Gasteiger partial charge in [-0.05, 0) is 37.3 Å². The predicted octanol–water partition coefficient (Wildman–Crippen LogP) is 1.84. The number of amides is 2. The van der Waals surface area contributed by atoms with Crippen molar-refractivity contribution in [3.63, 3.8) is 0 Å². The Morgan fingerprint density at radius 2 is 1.74 bits per heavy atom. The molecule has 182 valence electrons. The second-order valence-corrected chi connectivity index (χ2v) is 10.2. The van der Waals surface area contributed by atoms with Crippen molar-refractivity contribution < 1.29 is 27.5 Å². The van der Waals surface area contributed by atoms with Gasteiger partial charge in [0.2, 0.25) is 15.9 Å². The Balaban J connectivity index is 1.46. The summed E-state index contributed by atoms with van der Waals surface area (Å²) < 4.78 is 39.4. The highest BCUT2D eigenvalue weighted by Crippen LogP contribution is 2.31. The van der Waals surface area contributed by atoms with E-state index in [4.69, 9.17) is 9.47 Å². The molecule has 0 aromatic heterocycles. The number of sulfonamides is 1. The van der Waals surface area contributed by atoms with Crippen molar-refractivity contribution >= 4 is 21.8 Å². The number of nitrogens with zero attached hydrogens (tertiary/aromatic N) is 3. The Hall–Kier alpha value is -3.11. The molecule has 2 aromatic carbocycles. The maximum Gasteiger partial charge on any atom is 0.254 e. The van der Waals surface area contributed by atoms with E-state index in [2.05, 4.69) is 0 Å². The minimum absolute atomic E-state index is 0.0665. The lowest BCUT2D eigenvalue weighted by Crippen LogP contribution is -2.49. The van der Waals surface area contributed by atoms with Crippen LogP contribution in [0.5, 0.6) is 11.5 Å². The van der Waals surface area contributed by atoms with Crippen molar-refractivity contribution in [3.8, 4) is 11.5 Å². The highest BCUT2D eigenvalue weighted by atomic mass is 32.2. The maximum atomic E-state index is 13.2. The first-order valence-corrected chi connectivity index (χ1v) is 12.8. The Bertz CT molecular complexity index is 1160. The number of carbonyl (C=O) groups is 2. The maximum absolute atomic E-state index is 13.2. The number of hydrogen-bond donors (Lipinski definition) is 0. The number of piperazine rings is 1. The molecule has 2 aliphatic heterocycles. The third-order valence-corrected chi connectivity index (χ3v) is 7.96. The van der Waals surface area contributed by atoms with E-state index in [1.165, 1.54) is 23.4 Å². The second-order valence-electron chi connectivity index (χ2n) is 8.28. The Labute approximate surface area is 199 Å². The average molecular weight is 488 g/mol. The zero-order valence-electron chi connectivity index (χ0n) is 19.3. The number of para-hydroxylation sites is 2. The average Bonchev–Trinajstić information content (AvgIpc) is 2.87. The fraction of sp³-hybridized carbons (Fsp3) is 0.417. The third-order valence-electron chi connectivity index (χ3n) is 6.06. The number of hydrogen-bond acceptors (Lipinski definition) is 6. The van der Waals surface area contributed by atoms with Gasteiger partial charge in [-0.15, -0.1) is 0 Å². The number of fused-ring (bicyclic) bond motifs is 1. The molecule has 9 nitrogen and oxygen atoms in total. The summed E-state index contributed by atoms with van der Waals surface area (Å²) in [6.45, 7) is 5.56. The number of likely N-dealkylation sites (N-methyl/N-ethyl adjacent to an activating group) is 1. The molecule has 1 fully saturated rings. The van der Waals surface area contributed by atoms with E-state index in [9.17, 15) is 18.0 Å². The van der Waals surface area contributed by atoms with Crippen molar-refractivity contribution in [2.24, 2.45) is 0 Å². The monoisotopic (exact) mass is 487 g/mol. The van der Waals surface area contributed by atoms with E-state index >= 15 is 0 Å². The number of benzene rings is 2. The zero-order valence-corrected chi connectivity index (χ0v) is 20.2. The fourth-order valence-electron chi connectivity index (χ4n) is 4.12. The van der Waals surface area contributed by atoms with Gasteiger partial charge in [0.1, 0.15) is 6.61 Å². The molecule has 0 radical (unpaired) electrons. The van der Waals surface area contributed by atoms with Gasteiger partial charge in [-0.25, -0.2) is 8.42 Å². The highest BCUT2D eigenvalue weighted by Gasteiger charge is 2.30. The minimum atomic E-state index is -3.78. The van der Waals surface area contributed by atoms with Crippen LogP contribution in [-0.2, 0) is 14.8 Å². The summed E-state index contributed by atoms with van der Waals surface area (Å²) in [5.74, 6) is 0.971. The molecule has 34 heavy (non-hydrogen) atoms. The Morgan fingerprint density at radius 1 is 1.03 bits per heavy atom. The number of rotatable bonds is 6. The van der Waals surface area contributed by atoms with Gasteiger partial charge < -0.3 is 19.3 Å². The topological polar surface area (TPSA) is 96.5 Å². The minimum Gasteiger partial charge on any atom is -0.486 e. The second kappa shape index (κ2) is 10.0. The van der Waals surface area contributed by atoms with Crippen LogP contribution in [0.3, 0.4) is 0 Å². The van der Waals surface area contributed by atoms with Gasteiger partial charge in [0.05, 0.1) is 11.4 Å². The summed E-state index contributed by atoms with van der Waals surface area (Å²) >= 11 is 0. The molecule has 2 aliphatic rings. The number of ether oxygens (including phenoxy) is 2. The van der Waals surface area contributed by atoms with Gasteiger partial charge in [-0.2, -0.15) is 4.31 Å². The Kier molecular flexibility index (Phi) is 7.08. The first kappa shape index (κ1) is 24.0. The zero-order chi connectivity index (χ0) is 24.3. The van der Waals surface area contributed by atoms with Crippen molar-refractivity contribution in [3.05, 3.63) is 54.1 Å². The molecular formula is C24H29N3O6S. The molecule has 4 rings (SSSR count). The summed E-state index contributed by atoms with van der Waals surface area (Å²) in [7, 11) is -3.78. The molecule has 1 atom stereocenters. The normalized spacial score (nSPS) is 18.4. The van der Waals surface area contributed by atoms with Crippen LogP contribution in [0.1, 0.15) is 24.2 Å². The molecule has 1 unspecified atom stereocenters. The van der Waals surface area contributed by atoms with Crippen LogP contribution in [-0.4, -0.2) is 86.3 Å². The van der Waals surface area contributed by atoms with Crippen LogP contribution in [0, 0.1) is 0 Å². The van der Waals surface area contributed by atoms with Crippen LogP contribution in [0.25, 0.3) is 0 Å². The van der Waals surface area contributed by atoms with Gasteiger partial charge in [0.15, 0.2) is 17.6 Å². The van der Waals surface area contributed by atoms with Crippen LogP contribution >= 0.6 is 0 Å².